The summed E-state index contributed by atoms with van der Waals surface area (Å²) in [6.45, 7) is 3.26. The zero-order chi connectivity index (χ0) is 19.1. The highest BCUT2D eigenvalue weighted by Crippen LogP contribution is 2.32. The van der Waals surface area contributed by atoms with Gasteiger partial charge in [0.1, 0.15) is 11.4 Å². The van der Waals surface area contributed by atoms with Crippen LogP contribution in [0.2, 0.25) is 0 Å². The molecule has 9 nitrogen and oxygen atoms in total. The van der Waals surface area contributed by atoms with E-state index in [4.69, 9.17) is 0 Å². The SMILES string of the molecule is Cl.Cl.Oc1cc(-c2cn[nH]c2)ccc1-c1cnc(N2CCN3C[C@H](O)C[C@H]3C2)nn1. The maximum absolute atomic E-state index is 10.4. The molecule has 2 fully saturated rings. The molecule has 0 spiro atoms. The van der Waals surface area contributed by atoms with Gasteiger partial charge in [-0.15, -0.1) is 35.0 Å². The quantitative estimate of drug-likeness (QED) is 0.551. The second kappa shape index (κ2) is 9.13. The van der Waals surface area contributed by atoms with Crippen LogP contribution in [0.25, 0.3) is 22.4 Å². The Morgan fingerprint density at radius 3 is 2.60 bits per heavy atom. The Morgan fingerprint density at radius 1 is 1.03 bits per heavy atom. The van der Waals surface area contributed by atoms with E-state index in [-0.39, 0.29) is 36.7 Å². The Balaban J connectivity index is 0.00000128. The van der Waals surface area contributed by atoms with E-state index in [1.54, 1.807) is 24.7 Å². The zero-order valence-electron chi connectivity index (χ0n) is 16.0. The first-order chi connectivity index (χ1) is 13.7. The predicted octanol–water partition coefficient (Wildman–Crippen LogP) is 1.73. The molecule has 4 heterocycles. The molecule has 2 aromatic heterocycles. The highest BCUT2D eigenvalue weighted by atomic mass is 35.5. The number of aromatic hydroxyl groups is 1. The predicted molar refractivity (Wildman–Crippen MR) is 117 cm³/mol. The summed E-state index contributed by atoms with van der Waals surface area (Å²) >= 11 is 0. The fraction of sp³-hybridized carbons (Fsp3) is 0.368. The Kier molecular flexibility index (Phi) is 6.77. The van der Waals surface area contributed by atoms with Crippen LogP contribution in [0, 0.1) is 0 Å². The molecule has 0 radical (unpaired) electrons. The lowest BCUT2D eigenvalue weighted by atomic mass is 10.0. The number of aliphatic hydroxyl groups is 1. The molecule has 2 aliphatic rings. The minimum absolute atomic E-state index is 0. The molecule has 3 N–H and O–H groups in total. The van der Waals surface area contributed by atoms with Crippen molar-refractivity contribution in [2.75, 3.05) is 31.1 Å². The normalized spacial score (nSPS) is 20.9. The van der Waals surface area contributed by atoms with Crippen molar-refractivity contribution in [1.29, 1.82) is 0 Å². The molecule has 0 unspecified atom stereocenters. The zero-order valence-corrected chi connectivity index (χ0v) is 17.7. The molecule has 0 aliphatic carbocycles. The molecule has 2 aliphatic heterocycles. The van der Waals surface area contributed by atoms with Crippen LogP contribution in [-0.4, -0.2) is 78.8 Å². The van der Waals surface area contributed by atoms with E-state index in [9.17, 15) is 10.2 Å². The molecule has 2 saturated heterocycles. The average Bonchev–Trinajstić information content (AvgIpc) is 3.36. The number of phenols is 1. The van der Waals surface area contributed by atoms with Gasteiger partial charge in [0.05, 0.1) is 18.5 Å². The molecule has 0 amide bonds. The van der Waals surface area contributed by atoms with Gasteiger partial charge in [-0.05, 0) is 24.1 Å². The van der Waals surface area contributed by atoms with Crippen molar-refractivity contribution >= 4 is 30.8 Å². The molecular weight excluding hydrogens is 429 g/mol. The highest BCUT2D eigenvalue weighted by molar-refractivity contribution is 5.85. The number of aromatic amines is 1. The largest absolute Gasteiger partial charge is 0.507 e. The second-order valence-electron chi connectivity index (χ2n) is 7.35. The van der Waals surface area contributed by atoms with E-state index in [1.165, 1.54) is 0 Å². The number of piperazine rings is 1. The van der Waals surface area contributed by atoms with Crippen LogP contribution in [0.4, 0.5) is 5.95 Å². The number of nitrogens with zero attached hydrogens (tertiary/aromatic N) is 6. The van der Waals surface area contributed by atoms with Crippen molar-refractivity contribution in [3.63, 3.8) is 0 Å². The van der Waals surface area contributed by atoms with Gasteiger partial charge in [0.2, 0.25) is 5.95 Å². The molecule has 11 heteroatoms. The molecule has 3 aromatic rings. The number of aromatic nitrogens is 5. The molecular formula is C19H23Cl2N7O2. The number of hydrogen-bond donors (Lipinski definition) is 3. The fourth-order valence-corrected chi connectivity index (χ4v) is 4.07. The van der Waals surface area contributed by atoms with Crippen molar-refractivity contribution in [2.45, 2.75) is 18.6 Å². The van der Waals surface area contributed by atoms with Crippen LogP contribution in [0.3, 0.4) is 0 Å². The minimum Gasteiger partial charge on any atom is -0.507 e. The number of fused-ring (bicyclic) bond motifs is 1. The van der Waals surface area contributed by atoms with E-state index in [1.807, 2.05) is 12.1 Å². The summed E-state index contributed by atoms with van der Waals surface area (Å²) in [4.78, 5) is 8.90. The lowest BCUT2D eigenvalue weighted by molar-refractivity contribution is 0.173. The molecule has 160 valence electrons. The third kappa shape index (κ3) is 4.20. The molecule has 0 saturated carbocycles. The van der Waals surface area contributed by atoms with Gasteiger partial charge >= 0.3 is 0 Å². The third-order valence-corrected chi connectivity index (χ3v) is 5.53. The van der Waals surface area contributed by atoms with Crippen LogP contribution in [-0.2, 0) is 0 Å². The van der Waals surface area contributed by atoms with Crippen molar-refractivity contribution in [2.24, 2.45) is 0 Å². The van der Waals surface area contributed by atoms with Gasteiger partial charge in [0.15, 0.2) is 0 Å². The summed E-state index contributed by atoms with van der Waals surface area (Å²) in [5, 5.41) is 35.5. The third-order valence-electron chi connectivity index (χ3n) is 5.53. The maximum Gasteiger partial charge on any atom is 0.245 e. The smallest absolute Gasteiger partial charge is 0.245 e. The van der Waals surface area contributed by atoms with Gasteiger partial charge in [-0.2, -0.15) is 5.10 Å². The van der Waals surface area contributed by atoms with Crippen molar-refractivity contribution in [3.05, 3.63) is 36.8 Å². The monoisotopic (exact) mass is 451 g/mol. The van der Waals surface area contributed by atoms with Crippen LogP contribution >= 0.6 is 24.8 Å². The summed E-state index contributed by atoms with van der Waals surface area (Å²) in [5.41, 5.74) is 2.87. The summed E-state index contributed by atoms with van der Waals surface area (Å²) in [6.07, 6.45) is 5.67. The fourth-order valence-electron chi connectivity index (χ4n) is 4.07. The number of H-pyrrole nitrogens is 1. The number of phenolic OH excluding ortho intramolecular Hbond substituents is 1. The summed E-state index contributed by atoms with van der Waals surface area (Å²) < 4.78 is 0. The van der Waals surface area contributed by atoms with Crippen LogP contribution in [0.15, 0.2) is 36.8 Å². The Hall–Kier alpha value is -2.46. The number of halogens is 2. The lowest BCUT2D eigenvalue weighted by Crippen LogP contribution is -2.50. The topological polar surface area (TPSA) is 114 Å². The van der Waals surface area contributed by atoms with Crippen molar-refractivity contribution in [3.8, 4) is 28.1 Å². The van der Waals surface area contributed by atoms with E-state index in [0.717, 1.165) is 43.7 Å². The first-order valence-corrected chi connectivity index (χ1v) is 9.37. The van der Waals surface area contributed by atoms with Crippen molar-refractivity contribution < 1.29 is 10.2 Å². The number of nitrogens with one attached hydrogen (secondary N) is 1. The lowest BCUT2D eigenvalue weighted by Gasteiger charge is -2.36. The summed E-state index contributed by atoms with van der Waals surface area (Å²) in [5.74, 6) is 0.704. The van der Waals surface area contributed by atoms with Gasteiger partial charge in [-0.1, -0.05) is 6.07 Å². The number of benzene rings is 1. The van der Waals surface area contributed by atoms with Gasteiger partial charge in [-0.25, -0.2) is 4.98 Å². The summed E-state index contributed by atoms with van der Waals surface area (Å²) in [6, 6.07) is 5.73. The van der Waals surface area contributed by atoms with Crippen LogP contribution in [0.1, 0.15) is 6.42 Å². The van der Waals surface area contributed by atoms with Gasteiger partial charge in [0, 0.05) is 49.5 Å². The van der Waals surface area contributed by atoms with Gasteiger partial charge < -0.3 is 15.1 Å². The number of rotatable bonds is 3. The first-order valence-electron chi connectivity index (χ1n) is 9.37. The Morgan fingerprint density at radius 2 is 1.90 bits per heavy atom. The van der Waals surface area contributed by atoms with Gasteiger partial charge in [0.25, 0.3) is 0 Å². The van der Waals surface area contributed by atoms with E-state index >= 15 is 0 Å². The molecule has 5 rings (SSSR count). The average molecular weight is 452 g/mol. The maximum atomic E-state index is 10.4. The molecule has 1 aromatic carbocycles. The van der Waals surface area contributed by atoms with Crippen LogP contribution < -0.4 is 4.90 Å². The highest BCUT2D eigenvalue weighted by Gasteiger charge is 2.36. The van der Waals surface area contributed by atoms with Crippen LogP contribution in [0.5, 0.6) is 5.75 Å². The first kappa shape index (κ1) is 22.2. The Labute approximate surface area is 186 Å². The molecule has 0 bridgehead atoms. The second-order valence-corrected chi connectivity index (χ2v) is 7.35. The van der Waals surface area contributed by atoms with E-state index in [2.05, 4.69) is 35.2 Å². The number of anilines is 1. The number of aliphatic hydroxyl groups excluding tert-OH is 1. The number of hydrogen-bond acceptors (Lipinski definition) is 8. The van der Waals surface area contributed by atoms with Crippen molar-refractivity contribution in [1.82, 2.24) is 30.3 Å². The standard InChI is InChI=1S/C19H21N7O2.2ClH/c27-15-6-14-10-26(4-3-25(14)11-15)19-20-9-17(23-24-19)16-2-1-12(5-18(16)28)13-7-21-22-8-13;;/h1-2,5,7-9,14-15,27-28H,3-4,6,10-11H2,(H,21,22);2*1H/t14-,15+;;/m0../s1. The minimum atomic E-state index is -0.237. The van der Waals surface area contributed by atoms with E-state index in [0.29, 0.717) is 23.2 Å². The van der Waals surface area contributed by atoms with Gasteiger partial charge in [-0.3, -0.25) is 10.00 Å². The van der Waals surface area contributed by atoms with E-state index < -0.39 is 0 Å². The summed E-state index contributed by atoms with van der Waals surface area (Å²) in [7, 11) is 0. The molecule has 2 atom stereocenters. The molecule has 30 heavy (non-hydrogen) atoms. The Bertz CT molecular complexity index is 972.